The fourth-order valence-electron chi connectivity index (χ4n) is 18.8. The van der Waals surface area contributed by atoms with Crippen LogP contribution in [0.2, 0.25) is 5.02 Å². The molecule has 0 radical (unpaired) electrons. The third-order valence-electron chi connectivity index (χ3n) is 25.1. The van der Waals surface area contributed by atoms with Crippen LogP contribution in [-0.2, 0) is 52.6 Å². The molecule has 11 aliphatic rings. The average molecular weight is 1780 g/mol. The Kier molecular flexibility index (Phi) is 28.4. The summed E-state index contributed by atoms with van der Waals surface area (Å²) in [6, 6.07) is 7.18. The minimum atomic E-state index is -2.36. The van der Waals surface area contributed by atoms with Gasteiger partial charge in [-0.25, -0.2) is 4.79 Å². The first-order valence-corrected chi connectivity index (χ1v) is 43.3. The number of halogens is 1. The number of likely N-dealkylation sites (N-methyl/N-ethyl adjacent to an activating group) is 1. The molecule has 6 aromatic rings. The van der Waals surface area contributed by atoms with Gasteiger partial charge >= 0.3 is 6.03 Å². The molecular formula is C90H111ClN12O24. The molecule has 127 heavy (non-hydrogen) atoms. The lowest BCUT2D eigenvalue weighted by molar-refractivity contribution is -0.333. The van der Waals surface area contributed by atoms with E-state index in [2.05, 4.69) is 58.5 Å². The first-order chi connectivity index (χ1) is 60.5. The normalized spacial score (nSPS) is 30.0. The highest BCUT2D eigenvalue weighted by Gasteiger charge is 2.53. The molecule has 682 valence electrons. The van der Waals surface area contributed by atoms with E-state index in [9.17, 15) is 55.2 Å². The van der Waals surface area contributed by atoms with Gasteiger partial charge in [-0.15, -0.1) is 0 Å². The molecule has 17 rings (SSSR count). The molecule has 7 aliphatic heterocycles. The van der Waals surface area contributed by atoms with Gasteiger partial charge in [-0.3, -0.25) is 43.7 Å². The number of hydrogen-bond donors (Lipinski definition) is 20. The smallest absolute Gasteiger partial charge is 0.325 e. The molecule has 4 aliphatic carbocycles. The minimum absolute atomic E-state index is 0.0457. The maximum atomic E-state index is 16.7. The number of phenolic OH excluding ortho intramolecular Hbond substituents is 2. The average Bonchev–Trinajstić information content (AvgIpc) is 0.763. The van der Waals surface area contributed by atoms with Crippen molar-refractivity contribution in [3.8, 4) is 57.1 Å². The molecule has 7 heterocycles. The van der Waals surface area contributed by atoms with Crippen molar-refractivity contribution in [2.24, 2.45) is 35.3 Å². The number of phenols is 2. The van der Waals surface area contributed by atoms with Crippen molar-refractivity contribution in [1.29, 1.82) is 0 Å². The second-order valence-corrected chi connectivity index (χ2v) is 35.5. The Balaban J connectivity index is 0.946. The Bertz CT molecular complexity index is 5110. The van der Waals surface area contributed by atoms with Crippen molar-refractivity contribution in [2.45, 2.75) is 222 Å². The van der Waals surface area contributed by atoms with Gasteiger partial charge in [0.1, 0.15) is 102 Å². The highest BCUT2D eigenvalue weighted by Crippen LogP contribution is 2.55. The second kappa shape index (κ2) is 39.0. The molecule has 37 heteroatoms. The van der Waals surface area contributed by atoms with E-state index in [1.165, 1.54) is 107 Å². The third-order valence-corrected chi connectivity index (χ3v) is 25.4. The number of nitrogens with one attached hydrogen (secondary N) is 11. The number of carbonyl (C=O) groups excluding carboxylic acids is 9. The van der Waals surface area contributed by atoms with Crippen molar-refractivity contribution in [3.63, 3.8) is 0 Å². The fourth-order valence-corrected chi connectivity index (χ4v) is 19.1. The Labute approximate surface area is 737 Å². The first kappa shape index (κ1) is 92.3. The summed E-state index contributed by atoms with van der Waals surface area (Å²) in [7, 11) is 1.50. The minimum Gasteiger partial charge on any atom is -0.508 e. The van der Waals surface area contributed by atoms with Gasteiger partial charge in [0.15, 0.2) is 23.9 Å². The van der Waals surface area contributed by atoms with Crippen LogP contribution in [0.5, 0.6) is 46.0 Å². The summed E-state index contributed by atoms with van der Waals surface area (Å²) >= 11 is 7.33. The Hall–Kier alpha value is -10.8. The van der Waals surface area contributed by atoms with Crippen LogP contribution in [0, 0.1) is 43.4 Å². The van der Waals surface area contributed by atoms with Crippen LogP contribution >= 0.6 is 11.6 Å². The van der Waals surface area contributed by atoms with Crippen LogP contribution in [0.4, 0.5) is 10.5 Å². The number of ether oxygens (including phenoxy) is 7. The van der Waals surface area contributed by atoms with Gasteiger partial charge < -0.3 is 133 Å². The molecule has 0 aromatic heterocycles. The molecule has 2 saturated heterocycles. The number of anilines is 1. The zero-order chi connectivity index (χ0) is 90.9. The van der Waals surface area contributed by atoms with Crippen molar-refractivity contribution in [3.05, 3.63) is 147 Å². The van der Waals surface area contributed by atoms with E-state index in [-0.39, 0.29) is 109 Å². The van der Waals surface area contributed by atoms with E-state index in [4.69, 9.17) is 50.5 Å². The Morgan fingerprint density at radius 3 is 1.99 bits per heavy atom. The van der Waals surface area contributed by atoms with Crippen LogP contribution in [0.25, 0.3) is 11.1 Å². The van der Waals surface area contributed by atoms with Crippen LogP contribution in [-0.4, -0.2) is 212 Å². The summed E-state index contributed by atoms with van der Waals surface area (Å²) < 4.78 is 45.3. The van der Waals surface area contributed by atoms with Gasteiger partial charge in [0.25, 0.3) is 0 Å². The first-order valence-electron chi connectivity index (χ1n) is 42.9. The molecule has 10 amide bonds. The molecule has 36 nitrogen and oxygen atoms in total. The molecule has 21 N–H and O–H groups in total. The number of hydrogen-bond acceptors (Lipinski definition) is 27. The number of urea groups is 1. The van der Waals surface area contributed by atoms with Crippen molar-refractivity contribution in [2.75, 3.05) is 38.7 Å². The third kappa shape index (κ3) is 20.5. The molecule has 15 bridgehead atoms. The number of aliphatic hydroxyl groups excluding tert-OH is 6. The second-order valence-electron chi connectivity index (χ2n) is 35.1. The number of rotatable bonds is 21. The predicted molar refractivity (Wildman–Crippen MR) is 456 cm³/mol. The van der Waals surface area contributed by atoms with Crippen LogP contribution < -0.4 is 83.2 Å². The zero-order valence-electron chi connectivity index (χ0n) is 71.4. The molecule has 6 aromatic carbocycles. The number of fused-ring (bicyclic) bond motifs is 15. The maximum Gasteiger partial charge on any atom is 0.325 e. The van der Waals surface area contributed by atoms with E-state index in [1.807, 2.05) is 20.8 Å². The summed E-state index contributed by atoms with van der Waals surface area (Å²) in [5.74, 6) is -10.9. The van der Waals surface area contributed by atoms with E-state index in [0.29, 0.717) is 30.7 Å². The number of benzene rings is 6. The standard InChI is InChI=1S/C90H111ClN12O24/c1-9-20-94-21-22-121-53-15-13-51(14-16-53)95-89(120)97-65(107)36-58-82(114)99-70-50-33-62(123-60-18-11-46(24-40(60)4)74(108)72(86(118)96-58)102-81(113)57(93-8)23-39(2)3)78(127-88-79(77(111)76(110)64(38-104)125-88)126-66-37-90(7,92)80(112)42(6)122-66)63(34-50)124-61-19-12-47(32-56(61)91)75(109)73-87(119)101-71(85(117)98-68-48-27-43-26-44(29-48)30-49(68)28-43)55-35-52(105)25-41(5)67(55)54-31-45(10-17-59(54)106)69(83(115)103-73)100-84(70)116/h10-19,24-25,31-35,39,42-44,48-49,57-58,64,66,68-77,79-80,88,93-94,104-106,108-112H,9,20-23,26-30,36-38,92H2,1-8H3,(H,96,118)(H,98,117)(H,99,114)(H,100,116)(H,101,119)(H,102,113)(H,103,115)(H2,95,97,107,120)/t42-,43?,44?,48?,49?,57+,58-,64+,66-,68?,69+,70+,71-,72+,73-,74+,75+,76+,77-,79+,80+,88-,90-/m0/s1. The number of aromatic hydroxyl groups is 2. The maximum absolute atomic E-state index is 16.7. The van der Waals surface area contributed by atoms with Gasteiger partial charge in [0.2, 0.25) is 59.3 Å². The molecular weight excluding hydrogens is 1670 g/mol. The number of amides is 10. The fraction of sp³-hybridized carbons (Fsp3) is 0.500. The molecule has 18 atom stereocenters. The number of nitrogens with two attached hydrogens (primary N) is 1. The summed E-state index contributed by atoms with van der Waals surface area (Å²) in [5, 5.41) is 125. The summed E-state index contributed by atoms with van der Waals surface area (Å²) in [4.78, 5) is 139. The molecule has 6 fully saturated rings. The van der Waals surface area contributed by atoms with Gasteiger partial charge in [0.05, 0.1) is 36.3 Å². The lowest BCUT2D eigenvalue weighted by Gasteiger charge is -2.54. The lowest BCUT2D eigenvalue weighted by Crippen LogP contribution is -2.64. The largest absolute Gasteiger partial charge is 0.508 e. The Morgan fingerprint density at radius 1 is 0.685 bits per heavy atom. The van der Waals surface area contributed by atoms with Crippen LogP contribution in [0.3, 0.4) is 0 Å². The van der Waals surface area contributed by atoms with Gasteiger partial charge in [-0.2, -0.15) is 0 Å². The number of aryl methyl sites for hydroxylation is 2. The summed E-state index contributed by atoms with van der Waals surface area (Å²) in [6.45, 7) is 12.6. The predicted octanol–water partition coefficient (Wildman–Crippen LogP) is 4.46. The SMILES string of the molecule is CCCNCCOc1ccc(NC(=O)NC(=O)C[C@@H]2NC(=O)[C@H](NC(=O)[C@@H](CC(C)C)NC)[C@H](O)c3ccc(c(C)c3)Oc3cc4cc(c3O[C@@H]3O[C@H](CO)[C@@H](O)[C@H](O)[C@H]3O[C@H]3C[C@](C)(N)[C@H](O)[C@H](C)O3)Oc3ccc(cc3Cl)[C@@H](O)[C@@H]3NC(=O)[C@H](NC(=O)[C@@H]4NC2=O)c2ccc(O)c(c2)-c2c(C)cc(O)cc2[C@@H](C(=O)NC2C4CC5CC(C4)CC2C5)NC3=O)cc1. The van der Waals surface area contributed by atoms with E-state index in [1.54, 1.807) is 19.1 Å². The quantitative estimate of drug-likeness (QED) is 0.0442. The lowest BCUT2D eigenvalue weighted by atomic mass is 9.54. The topological polar surface area (TPSA) is 538 Å². The molecule has 0 unspecified atom stereocenters. The summed E-state index contributed by atoms with van der Waals surface area (Å²) in [6.07, 6.45) is -13.0. The van der Waals surface area contributed by atoms with Crippen LogP contribution in [0.15, 0.2) is 103 Å². The van der Waals surface area contributed by atoms with Crippen molar-refractivity contribution < 1.29 is 117 Å². The van der Waals surface area contributed by atoms with Crippen molar-refractivity contribution in [1.82, 2.24) is 53.2 Å². The van der Waals surface area contributed by atoms with E-state index >= 15 is 28.8 Å². The van der Waals surface area contributed by atoms with Gasteiger partial charge in [-0.1, -0.05) is 50.6 Å². The molecule has 0 spiro atoms. The zero-order valence-corrected chi connectivity index (χ0v) is 72.1. The van der Waals surface area contributed by atoms with Gasteiger partial charge in [-0.05, 0) is 245 Å². The van der Waals surface area contributed by atoms with Crippen LogP contribution in [0.1, 0.15) is 162 Å². The monoisotopic (exact) mass is 1780 g/mol. The highest BCUT2D eigenvalue weighted by molar-refractivity contribution is 6.32. The van der Waals surface area contributed by atoms with E-state index in [0.717, 1.165) is 57.2 Å². The molecule has 4 saturated carbocycles. The number of aliphatic hydroxyl groups is 6. The summed E-state index contributed by atoms with van der Waals surface area (Å²) in [5.41, 5.74) is 4.86. The van der Waals surface area contributed by atoms with E-state index < -0.39 is 204 Å². The number of carbonyl (C=O) groups is 9. The number of imide groups is 1. The van der Waals surface area contributed by atoms with Gasteiger partial charge in [0, 0.05) is 35.8 Å². The Morgan fingerprint density at radius 2 is 1.34 bits per heavy atom. The van der Waals surface area contributed by atoms with Crippen molar-refractivity contribution >= 4 is 70.6 Å². The highest BCUT2D eigenvalue weighted by atomic mass is 35.5.